The van der Waals surface area contributed by atoms with Gasteiger partial charge in [-0.2, -0.15) is 4.52 Å². The highest BCUT2D eigenvalue weighted by Gasteiger charge is 2.23. The van der Waals surface area contributed by atoms with Gasteiger partial charge < -0.3 is 5.73 Å². The second-order valence-electron chi connectivity index (χ2n) is 6.30. The van der Waals surface area contributed by atoms with Crippen LogP contribution in [0, 0.1) is 0 Å². The summed E-state index contributed by atoms with van der Waals surface area (Å²) in [6.45, 7) is 3.13. The van der Waals surface area contributed by atoms with Gasteiger partial charge in [0.25, 0.3) is 5.56 Å². The number of aromatic nitrogens is 3. The maximum atomic E-state index is 12.9. The first-order chi connectivity index (χ1) is 12.7. The zero-order chi connectivity index (χ0) is 17.9. The molecule has 0 saturated carbocycles. The second kappa shape index (κ2) is 10.6. The van der Waals surface area contributed by atoms with Crippen molar-refractivity contribution in [1.82, 2.24) is 19.5 Å². The summed E-state index contributed by atoms with van der Waals surface area (Å²) in [5.74, 6) is 0.793. The molecule has 0 saturated heterocycles. The Bertz CT molecular complexity index is 964. The molecule has 3 heterocycles. The number of hydrogen-bond donors (Lipinski definition) is 1. The Kier molecular flexibility index (Phi) is 8.73. The van der Waals surface area contributed by atoms with Gasteiger partial charge in [-0.05, 0) is 12.0 Å². The van der Waals surface area contributed by atoms with Crippen molar-refractivity contribution in [3.63, 3.8) is 0 Å². The third-order valence-electron chi connectivity index (χ3n) is 4.52. The van der Waals surface area contributed by atoms with E-state index in [1.54, 1.807) is 11.8 Å². The molecule has 152 valence electrons. The largest absolute Gasteiger partial charge is 0.330 e. The molecule has 0 spiro atoms. The third kappa shape index (κ3) is 5.06. The number of nitrogens with two attached hydrogens (primary N) is 1. The molecular formula is C18H23Cl2N5OS2. The number of benzene rings is 1. The van der Waals surface area contributed by atoms with Crippen molar-refractivity contribution >= 4 is 52.9 Å². The van der Waals surface area contributed by atoms with Crippen molar-refractivity contribution in [3.8, 4) is 0 Å². The lowest BCUT2D eigenvalue weighted by atomic mass is 10.1. The molecule has 2 aromatic heterocycles. The van der Waals surface area contributed by atoms with Gasteiger partial charge in [0.05, 0.1) is 11.3 Å². The minimum Gasteiger partial charge on any atom is -0.330 e. The van der Waals surface area contributed by atoms with Gasteiger partial charge in [-0.15, -0.1) is 29.9 Å². The van der Waals surface area contributed by atoms with Crippen LogP contribution >= 0.6 is 47.9 Å². The van der Waals surface area contributed by atoms with Gasteiger partial charge in [0, 0.05) is 38.4 Å². The zero-order valence-corrected chi connectivity index (χ0v) is 18.5. The molecule has 0 bridgehead atoms. The Hall–Kier alpha value is -1.16. The fraction of sp³-hybridized carbons (Fsp3) is 0.389. The summed E-state index contributed by atoms with van der Waals surface area (Å²) in [7, 11) is 0. The lowest BCUT2D eigenvalue weighted by Gasteiger charge is -2.27. The topological polar surface area (TPSA) is 76.5 Å². The third-order valence-corrected chi connectivity index (χ3v) is 6.60. The molecule has 10 heteroatoms. The maximum absolute atomic E-state index is 12.9. The highest BCUT2D eigenvalue weighted by molar-refractivity contribution is 8.01. The molecule has 1 aliphatic rings. The fourth-order valence-corrected chi connectivity index (χ4v) is 4.95. The summed E-state index contributed by atoms with van der Waals surface area (Å²) < 4.78 is 2.31. The van der Waals surface area contributed by atoms with E-state index in [-0.39, 0.29) is 30.4 Å². The Morgan fingerprint density at radius 1 is 1.21 bits per heavy atom. The first-order valence-electron chi connectivity index (χ1n) is 8.75. The van der Waals surface area contributed by atoms with Crippen LogP contribution in [0.15, 0.2) is 39.5 Å². The molecule has 0 unspecified atom stereocenters. The molecule has 1 aliphatic heterocycles. The molecule has 6 nitrogen and oxygen atoms in total. The van der Waals surface area contributed by atoms with Gasteiger partial charge in [0.15, 0.2) is 4.34 Å². The standard InChI is InChI=1S/C18H21N5OS2.2ClH/c19-8-11-25-18-21-23-16(24)14-12-22(9-6-13-4-2-1-3-5-13)10-7-15(14)20-17(23)26-18;;/h1-5H,6-12,19H2;2*1H. The number of thioether (sulfide) groups is 1. The Labute approximate surface area is 184 Å². The van der Waals surface area contributed by atoms with Crippen LogP contribution in [0.2, 0.25) is 0 Å². The molecule has 0 radical (unpaired) electrons. The molecule has 0 atom stereocenters. The summed E-state index contributed by atoms with van der Waals surface area (Å²) in [4.78, 5) is 20.6. The van der Waals surface area contributed by atoms with Crippen LogP contribution in [-0.2, 0) is 19.4 Å². The van der Waals surface area contributed by atoms with Crippen molar-refractivity contribution in [1.29, 1.82) is 0 Å². The molecule has 1 aromatic carbocycles. The summed E-state index contributed by atoms with van der Waals surface area (Å²) >= 11 is 3.04. The van der Waals surface area contributed by atoms with E-state index in [1.807, 2.05) is 6.07 Å². The van der Waals surface area contributed by atoms with Crippen LogP contribution in [0.3, 0.4) is 0 Å². The highest BCUT2D eigenvalue weighted by Crippen LogP contribution is 2.24. The molecule has 3 aromatic rings. The van der Waals surface area contributed by atoms with Crippen LogP contribution in [0.4, 0.5) is 0 Å². The molecule has 0 aliphatic carbocycles. The number of rotatable bonds is 6. The van der Waals surface area contributed by atoms with E-state index in [2.05, 4.69) is 34.3 Å². The Morgan fingerprint density at radius 2 is 2.00 bits per heavy atom. The number of fused-ring (bicyclic) bond motifs is 2. The second-order valence-corrected chi connectivity index (χ2v) is 8.60. The van der Waals surface area contributed by atoms with E-state index in [4.69, 9.17) is 10.7 Å². The molecule has 0 amide bonds. The first kappa shape index (κ1) is 23.1. The summed E-state index contributed by atoms with van der Waals surface area (Å²) in [5.41, 5.74) is 8.58. The van der Waals surface area contributed by atoms with Gasteiger partial charge in [-0.25, -0.2) is 4.98 Å². The quantitative estimate of drug-likeness (QED) is 0.570. The van der Waals surface area contributed by atoms with Gasteiger partial charge >= 0.3 is 0 Å². The monoisotopic (exact) mass is 459 g/mol. The van der Waals surface area contributed by atoms with Gasteiger partial charge in [0.2, 0.25) is 4.96 Å². The fourth-order valence-electron chi connectivity index (χ4n) is 3.16. The summed E-state index contributed by atoms with van der Waals surface area (Å²) in [6, 6.07) is 10.5. The van der Waals surface area contributed by atoms with Gasteiger partial charge in [-0.3, -0.25) is 9.69 Å². The minimum absolute atomic E-state index is 0. The van der Waals surface area contributed by atoms with E-state index in [9.17, 15) is 4.79 Å². The Balaban J connectivity index is 0.00000140. The summed E-state index contributed by atoms with van der Waals surface area (Å²) in [6.07, 6.45) is 1.81. The molecule has 0 fully saturated rings. The maximum Gasteiger partial charge on any atom is 0.279 e. The Morgan fingerprint density at radius 3 is 2.75 bits per heavy atom. The first-order valence-corrected chi connectivity index (χ1v) is 10.6. The van der Waals surface area contributed by atoms with E-state index in [0.29, 0.717) is 18.1 Å². The molecule has 4 rings (SSSR count). The minimum atomic E-state index is -0.0229. The van der Waals surface area contributed by atoms with E-state index < -0.39 is 0 Å². The van der Waals surface area contributed by atoms with Crippen LogP contribution in [0.25, 0.3) is 4.96 Å². The SMILES string of the molecule is Cl.Cl.NCCSc1nn2c(=O)c3c(nc2s1)CCN(CCc1ccccc1)C3. The normalized spacial score (nSPS) is 13.6. The number of hydrogen-bond acceptors (Lipinski definition) is 7. The van der Waals surface area contributed by atoms with Crippen LogP contribution in [0.5, 0.6) is 0 Å². The van der Waals surface area contributed by atoms with Crippen molar-refractivity contribution in [2.45, 2.75) is 23.7 Å². The average molecular weight is 460 g/mol. The zero-order valence-electron chi connectivity index (χ0n) is 15.2. The van der Waals surface area contributed by atoms with E-state index >= 15 is 0 Å². The van der Waals surface area contributed by atoms with Crippen molar-refractivity contribution in [2.75, 3.05) is 25.4 Å². The van der Waals surface area contributed by atoms with Gasteiger partial charge in [-0.1, -0.05) is 53.4 Å². The van der Waals surface area contributed by atoms with Gasteiger partial charge in [0.1, 0.15) is 0 Å². The van der Waals surface area contributed by atoms with Crippen molar-refractivity contribution in [2.24, 2.45) is 5.73 Å². The van der Waals surface area contributed by atoms with Crippen LogP contribution in [-0.4, -0.2) is 44.9 Å². The van der Waals surface area contributed by atoms with Crippen LogP contribution < -0.4 is 11.3 Å². The van der Waals surface area contributed by atoms with E-state index in [1.165, 1.54) is 21.4 Å². The lowest BCUT2D eigenvalue weighted by Crippen LogP contribution is -2.37. The number of nitrogens with zero attached hydrogens (tertiary/aromatic N) is 4. The highest BCUT2D eigenvalue weighted by atomic mass is 35.5. The van der Waals surface area contributed by atoms with Crippen molar-refractivity contribution < 1.29 is 0 Å². The number of halogens is 2. The average Bonchev–Trinajstić information content (AvgIpc) is 3.09. The van der Waals surface area contributed by atoms with Crippen molar-refractivity contribution in [3.05, 3.63) is 57.5 Å². The molecule has 28 heavy (non-hydrogen) atoms. The van der Waals surface area contributed by atoms with E-state index in [0.717, 1.165) is 47.3 Å². The lowest BCUT2D eigenvalue weighted by molar-refractivity contribution is 0.253. The summed E-state index contributed by atoms with van der Waals surface area (Å²) in [5, 5.41) is 4.43. The molecular weight excluding hydrogens is 437 g/mol. The van der Waals surface area contributed by atoms with Crippen LogP contribution in [0.1, 0.15) is 16.8 Å². The predicted octanol–water partition coefficient (Wildman–Crippen LogP) is 2.65. The predicted molar refractivity (Wildman–Crippen MR) is 121 cm³/mol. The smallest absolute Gasteiger partial charge is 0.279 e. The molecule has 2 N–H and O–H groups in total.